The van der Waals surface area contributed by atoms with Crippen LogP contribution in [0.25, 0.3) is 98.9 Å². The number of benzene rings is 9. The molecule has 0 atom stereocenters. The Hall–Kier alpha value is -7.82. The molecule has 4 heterocycles. The van der Waals surface area contributed by atoms with Gasteiger partial charge in [-0.05, 0) is 83.8 Å². The first-order valence-corrected chi connectivity index (χ1v) is 20.7. The van der Waals surface area contributed by atoms with Crippen LogP contribution in [0.3, 0.4) is 0 Å². The van der Waals surface area contributed by atoms with Gasteiger partial charge in [-0.2, -0.15) is 0 Å². The van der Waals surface area contributed by atoms with E-state index in [0.29, 0.717) is 6.42 Å². The van der Waals surface area contributed by atoms with Crippen LogP contribution in [0.4, 0.5) is 0 Å². The predicted molar refractivity (Wildman–Crippen MR) is 248 cm³/mol. The van der Waals surface area contributed by atoms with Gasteiger partial charge in [0, 0.05) is 61.1 Å². The molecule has 4 nitrogen and oxygen atoms in total. The Balaban J connectivity index is 1.16. The third kappa shape index (κ3) is 4.85. The Morgan fingerprint density at radius 2 is 0.700 bits per heavy atom. The van der Waals surface area contributed by atoms with E-state index in [1.165, 1.54) is 65.9 Å². The molecule has 0 aliphatic carbocycles. The van der Waals surface area contributed by atoms with E-state index in [9.17, 15) is 0 Å². The van der Waals surface area contributed by atoms with Crippen LogP contribution in [0.15, 0.2) is 203 Å². The van der Waals surface area contributed by atoms with Crippen molar-refractivity contribution in [3.05, 3.63) is 216 Å². The third-order valence-electron chi connectivity index (χ3n) is 12.6. The van der Waals surface area contributed by atoms with Gasteiger partial charge in [0.05, 0.1) is 27.5 Å². The van der Waals surface area contributed by atoms with E-state index >= 15 is 0 Å². The normalized spacial score (nSPS) is 12.1. The maximum absolute atomic E-state index is 7.16. The molecule has 282 valence electrons. The van der Waals surface area contributed by atoms with Crippen molar-refractivity contribution in [3.63, 3.8) is 0 Å². The maximum Gasteiger partial charge on any atom is 0.147 e. The van der Waals surface area contributed by atoms with Gasteiger partial charge in [-0.25, -0.2) is 0 Å². The Morgan fingerprint density at radius 1 is 0.317 bits per heavy atom. The molecule has 0 amide bonds. The van der Waals surface area contributed by atoms with Gasteiger partial charge in [-0.3, -0.25) is 0 Å². The van der Waals surface area contributed by atoms with E-state index in [4.69, 9.17) is 8.83 Å². The molecular formula is C56H36N2O2. The van der Waals surface area contributed by atoms with E-state index in [-0.39, 0.29) is 0 Å². The van der Waals surface area contributed by atoms with Gasteiger partial charge >= 0.3 is 0 Å². The van der Waals surface area contributed by atoms with E-state index in [2.05, 4.69) is 203 Å². The second-order valence-electron chi connectivity index (χ2n) is 16.0. The topological polar surface area (TPSA) is 36.1 Å². The van der Waals surface area contributed by atoms with Crippen LogP contribution in [0.5, 0.6) is 0 Å². The summed E-state index contributed by atoms with van der Waals surface area (Å²) in [6, 6.07) is 69.7. The minimum Gasteiger partial charge on any atom is -0.456 e. The average molecular weight is 769 g/mol. The Bertz CT molecular complexity index is 3720. The highest BCUT2D eigenvalue weighted by Gasteiger charge is 2.26. The second-order valence-corrected chi connectivity index (χ2v) is 16.0. The Morgan fingerprint density at radius 3 is 1.17 bits per heavy atom. The van der Waals surface area contributed by atoms with Gasteiger partial charge in [-0.1, -0.05) is 133 Å². The molecule has 0 radical (unpaired) electrons. The monoisotopic (exact) mass is 768 g/mol. The lowest BCUT2D eigenvalue weighted by Gasteiger charge is -2.14. The molecule has 0 saturated carbocycles. The van der Waals surface area contributed by atoms with Crippen LogP contribution in [0.2, 0.25) is 0 Å². The quantitative estimate of drug-likeness (QED) is 0.169. The molecule has 0 N–H and O–H groups in total. The molecule has 60 heavy (non-hydrogen) atoms. The lowest BCUT2D eigenvalue weighted by molar-refractivity contribution is 0.658. The molecule has 9 aromatic carbocycles. The van der Waals surface area contributed by atoms with Crippen molar-refractivity contribution >= 4 is 87.5 Å². The van der Waals surface area contributed by atoms with E-state index in [1.807, 2.05) is 0 Å². The minimum absolute atomic E-state index is 0.717. The summed E-state index contributed by atoms with van der Waals surface area (Å²) in [4.78, 5) is 0. The summed E-state index contributed by atoms with van der Waals surface area (Å²) in [5, 5.41) is 9.24. The fourth-order valence-electron chi connectivity index (χ4n) is 10.0. The van der Waals surface area contributed by atoms with Crippen LogP contribution >= 0.6 is 0 Å². The van der Waals surface area contributed by atoms with Gasteiger partial charge in [0.1, 0.15) is 22.3 Å². The molecule has 4 aromatic heterocycles. The molecule has 0 aliphatic rings. The molecule has 0 spiro atoms. The summed E-state index contributed by atoms with van der Waals surface area (Å²) in [6.45, 7) is 0. The number of aromatic nitrogens is 2. The van der Waals surface area contributed by atoms with Crippen LogP contribution < -0.4 is 0 Å². The van der Waals surface area contributed by atoms with Crippen molar-refractivity contribution in [2.45, 2.75) is 12.8 Å². The number of furan rings is 2. The smallest absolute Gasteiger partial charge is 0.147 e. The zero-order chi connectivity index (χ0) is 39.3. The summed E-state index contributed by atoms with van der Waals surface area (Å²) in [5.41, 5.74) is 15.2. The summed E-state index contributed by atoms with van der Waals surface area (Å²) < 4.78 is 19.0. The first-order valence-electron chi connectivity index (χ1n) is 20.7. The third-order valence-corrected chi connectivity index (χ3v) is 12.6. The molecule has 0 saturated heterocycles. The molecule has 13 aromatic rings. The van der Waals surface area contributed by atoms with E-state index < -0.39 is 0 Å². The number of rotatable bonds is 6. The number of hydrogen-bond acceptors (Lipinski definition) is 2. The van der Waals surface area contributed by atoms with Crippen molar-refractivity contribution < 1.29 is 8.83 Å². The van der Waals surface area contributed by atoms with Crippen LogP contribution in [-0.2, 0) is 12.8 Å². The van der Waals surface area contributed by atoms with Crippen LogP contribution in [0, 0.1) is 0 Å². The van der Waals surface area contributed by atoms with Crippen LogP contribution in [0.1, 0.15) is 22.3 Å². The highest BCUT2D eigenvalue weighted by atomic mass is 16.3. The van der Waals surface area contributed by atoms with Gasteiger partial charge in [0.15, 0.2) is 0 Å². The summed E-state index contributed by atoms with van der Waals surface area (Å²) in [5.74, 6) is 0. The molecule has 0 fully saturated rings. The van der Waals surface area contributed by atoms with E-state index in [1.54, 1.807) is 0 Å². The summed E-state index contributed by atoms with van der Waals surface area (Å²) in [7, 11) is 0. The van der Waals surface area contributed by atoms with Crippen molar-refractivity contribution in [3.8, 4) is 11.4 Å². The summed E-state index contributed by atoms with van der Waals surface area (Å²) in [6.07, 6.45) is 1.45. The van der Waals surface area contributed by atoms with E-state index in [0.717, 1.165) is 61.7 Å². The van der Waals surface area contributed by atoms with Gasteiger partial charge < -0.3 is 18.0 Å². The maximum atomic E-state index is 7.16. The Kier molecular flexibility index (Phi) is 7.10. The lowest BCUT2D eigenvalue weighted by Crippen LogP contribution is -2.00. The summed E-state index contributed by atoms with van der Waals surface area (Å²) >= 11 is 0. The average Bonchev–Trinajstić information content (AvgIpc) is 4.06. The molecule has 4 heteroatoms. The highest BCUT2D eigenvalue weighted by molar-refractivity contribution is 6.25. The fraction of sp³-hybridized carbons (Fsp3) is 0.0357. The first kappa shape index (κ1) is 33.2. The van der Waals surface area contributed by atoms with Crippen molar-refractivity contribution in [1.82, 2.24) is 9.13 Å². The molecule has 0 aliphatic heterocycles. The van der Waals surface area contributed by atoms with Crippen LogP contribution in [-0.4, -0.2) is 9.13 Å². The second kappa shape index (κ2) is 12.8. The Labute approximate surface area is 344 Å². The number of para-hydroxylation sites is 4. The fourth-order valence-corrected chi connectivity index (χ4v) is 10.0. The van der Waals surface area contributed by atoms with Gasteiger partial charge in [0.25, 0.3) is 0 Å². The van der Waals surface area contributed by atoms with Crippen molar-refractivity contribution in [1.29, 1.82) is 0 Å². The standard InChI is InChI=1S/C56H36N2O2/c1-3-15-35(16-4-1)31-43-44(32-36-17-5-2-6-18-36)55-54(46-34-38(28-30-52(46)59-55)58-49-25-13-9-21-41(49)42-22-10-14-26-50(42)58)56-53(43)45-33-37(27-29-51(45)60-56)57-47-23-11-7-19-39(47)40-20-8-12-24-48(40)57/h1-30,33-34H,31-32H2. The molecule has 0 unspecified atom stereocenters. The zero-order valence-electron chi connectivity index (χ0n) is 32.6. The van der Waals surface area contributed by atoms with Crippen molar-refractivity contribution in [2.24, 2.45) is 0 Å². The number of fused-ring (bicyclic) bond motifs is 13. The lowest BCUT2D eigenvalue weighted by atomic mass is 9.89. The first-order chi connectivity index (χ1) is 29.8. The number of hydrogen-bond donors (Lipinski definition) is 0. The SMILES string of the molecule is c1ccc(Cc2c(Cc3ccccc3)c3c4cc(-n5c6ccccc6c6ccccc65)ccc4oc3c3c2oc2ccc(-n4c5ccccc5c5ccccc54)cc23)cc1. The van der Waals surface area contributed by atoms with Gasteiger partial charge in [0.2, 0.25) is 0 Å². The molecular weight excluding hydrogens is 733 g/mol. The zero-order valence-corrected chi connectivity index (χ0v) is 32.6. The highest BCUT2D eigenvalue weighted by Crippen LogP contribution is 2.47. The largest absolute Gasteiger partial charge is 0.456 e. The molecule has 13 rings (SSSR count). The molecule has 0 bridgehead atoms. The predicted octanol–water partition coefficient (Wildman–Crippen LogP) is 14.9. The van der Waals surface area contributed by atoms with Crippen molar-refractivity contribution in [2.75, 3.05) is 0 Å². The number of nitrogens with zero attached hydrogens (tertiary/aromatic N) is 2. The minimum atomic E-state index is 0.717. The van der Waals surface area contributed by atoms with Gasteiger partial charge in [-0.15, -0.1) is 0 Å².